The van der Waals surface area contributed by atoms with E-state index in [9.17, 15) is 0 Å². The summed E-state index contributed by atoms with van der Waals surface area (Å²) >= 11 is 0. The van der Waals surface area contributed by atoms with E-state index >= 15 is 0 Å². The van der Waals surface area contributed by atoms with Gasteiger partial charge >= 0.3 is 0 Å². The average Bonchev–Trinajstić information content (AvgIpc) is 3.11. The zero-order valence-electron chi connectivity index (χ0n) is 16.7. The smallest absolute Gasteiger partial charge is 0.132 e. The minimum atomic E-state index is 0.0338. The largest absolute Gasteiger partial charge is 0.496 e. The summed E-state index contributed by atoms with van der Waals surface area (Å²) in [6.07, 6.45) is 0.788. The number of methoxy groups -OCH3 is 2. The van der Waals surface area contributed by atoms with Crippen LogP contribution in [0.5, 0.6) is 11.5 Å². The summed E-state index contributed by atoms with van der Waals surface area (Å²) in [5.41, 5.74) is 13.5. The van der Waals surface area contributed by atoms with Crippen LogP contribution in [0.1, 0.15) is 5.56 Å². The van der Waals surface area contributed by atoms with Crippen molar-refractivity contribution in [1.82, 2.24) is 4.57 Å². The average molecular weight is 384 g/mol. The van der Waals surface area contributed by atoms with Gasteiger partial charge in [0, 0.05) is 29.8 Å². The Balaban J connectivity index is 2.00. The Morgan fingerprint density at radius 2 is 1.48 bits per heavy atom. The molecule has 0 radical (unpaired) electrons. The second kappa shape index (κ2) is 6.98. The lowest BCUT2D eigenvalue weighted by molar-refractivity contribution is 0.390. The number of rotatable bonds is 4. The van der Waals surface area contributed by atoms with Crippen molar-refractivity contribution in [3.8, 4) is 33.9 Å². The number of ether oxygens (including phenoxy) is 2. The van der Waals surface area contributed by atoms with Gasteiger partial charge < -0.3 is 19.8 Å². The van der Waals surface area contributed by atoms with Gasteiger partial charge in [-0.05, 0) is 17.5 Å². The Hall–Kier alpha value is -3.24. The normalized spacial score (nSPS) is 15.5. The maximum absolute atomic E-state index is 6.51. The van der Waals surface area contributed by atoms with Crippen LogP contribution >= 0.6 is 0 Å². The molecular formula is C25H24N2O2. The highest BCUT2D eigenvalue weighted by Gasteiger charge is 2.31. The fourth-order valence-electron chi connectivity index (χ4n) is 4.63. The van der Waals surface area contributed by atoms with Crippen LogP contribution in [0.3, 0.4) is 0 Å². The van der Waals surface area contributed by atoms with Gasteiger partial charge in [0.05, 0.1) is 30.8 Å². The number of nitrogens with two attached hydrogens (primary N) is 1. The first-order chi connectivity index (χ1) is 14.2. The number of nitrogens with zero attached hydrogens (tertiary/aromatic N) is 1. The van der Waals surface area contributed by atoms with Gasteiger partial charge in [-0.25, -0.2) is 0 Å². The van der Waals surface area contributed by atoms with Crippen molar-refractivity contribution in [2.75, 3.05) is 14.2 Å². The Morgan fingerprint density at radius 3 is 2.10 bits per heavy atom. The minimum absolute atomic E-state index is 0.0338. The molecule has 4 aromatic rings. The van der Waals surface area contributed by atoms with E-state index in [1.807, 2.05) is 18.2 Å². The molecule has 0 saturated heterocycles. The lowest BCUT2D eigenvalue weighted by Gasteiger charge is -2.25. The highest BCUT2D eigenvalue weighted by atomic mass is 16.5. The predicted octanol–water partition coefficient (Wildman–Crippen LogP) is 4.88. The molecular weight excluding hydrogens is 360 g/mol. The maximum Gasteiger partial charge on any atom is 0.132 e. The molecule has 1 aromatic heterocycles. The standard InChI is InChI=1S/C25H24N2O2/c1-28-20-14-21(29-2)23-22(16-9-5-3-6-10-16)24(17-11-7-4-8-12-17)27-15-18(26)13-19(20)25(23)27/h3-12,14,18H,13,15,26H2,1-2H3. The molecule has 5 rings (SSSR count). The zero-order valence-corrected chi connectivity index (χ0v) is 16.7. The summed E-state index contributed by atoms with van der Waals surface area (Å²) in [6, 6.07) is 23.1. The molecule has 0 amide bonds. The molecule has 0 aliphatic carbocycles. The first-order valence-corrected chi connectivity index (χ1v) is 9.89. The van der Waals surface area contributed by atoms with Gasteiger partial charge in [0.2, 0.25) is 0 Å². The van der Waals surface area contributed by atoms with Crippen LogP contribution in [0.4, 0.5) is 0 Å². The van der Waals surface area contributed by atoms with Crippen LogP contribution in [0.2, 0.25) is 0 Å². The second-order valence-electron chi connectivity index (χ2n) is 7.51. The molecule has 2 heterocycles. The Morgan fingerprint density at radius 1 is 0.862 bits per heavy atom. The van der Waals surface area contributed by atoms with Gasteiger partial charge in [0.1, 0.15) is 11.5 Å². The summed E-state index contributed by atoms with van der Waals surface area (Å²) in [7, 11) is 3.43. The van der Waals surface area contributed by atoms with Crippen molar-refractivity contribution in [2.45, 2.75) is 19.0 Å². The van der Waals surface area contributed by atoms with Gasteiger partial charge in [-0.1, -0.05) is 60.7 Å². The predicted molar refractivity (Wildman–Crippen MR) is 118 cm³/mol. The van der Waals surface area contributed by atoms with Crippen molar-refractivity contribution in [3.05, 3.63) is 72.3 Å². The molecule has 1 atom stereocenters. The van der Waals surface area contributed by atoms with Gasteiger partial charge in [0.15, 0.2) is 0 Å². The molecule has 0 fully saturated rings. The van der Waals surface area contributed by atoms with Crippen molar-refractivity contribution in [2.24, 2.45) is 5.73 Å². The van der Waals surface area contributed by atoms with Crippen LogP contribution in [-0.2, 0) is 13.0 Å². The molecule has 4 heteroatoms. The van der Waals surface area contributed by atoms with Gasteiger partial charge in [-0.2, -0.15) is 0 Å². The summed E-state index contributed by atoms with van der Waals surface area (Å²) in [5, 5.41) is 1.13. The first-order valence-electron chi connectivity index (χ1n) is 9.89. The lowest BCUT2D eigenvalue weighted by Crippen LogP contribution is -2.32. The molecule has 2 N–H and O–H groups in total. The van der Waals surface area contributed by atoms with Crippen LogP contribution in [0, 0.1) is 0 Å². The van der Waals surface area contributed by atoms with E-state index in [-0.39, 0.29) is 6.04 Å². The lowest BCUT2D eigenvalue weighted by atomic mass is 9.95. The van der Waals surface area contributed by atoms with Crippen LogP contribution in [0.15, 0.2) is 66.7 Å². The Kier molecular flexibility index (Phi) is 4.29. The van der Waals surface area contributed by atoms with Gasteiger partial charge in [0.25, 0.3) is 0 Å². The summed E-state index contributed by atoms with van der Waals surface area (Å²) < 4.78 is 14.0. The van der Waals surface area contributed by atoms with Crippen LogP contribution < -0.4 is 15.2 Å². The number of hydrogen-bond donors (Lipinski definition) is 1. The molecule has 146 valence electrons. The van der Waals surface area contributed by atoms with E-state index < -0.39 is 0 Å². The zero-order chi connectivity index (χ0) is 20.0. The highest BCUT2D eigenvalue weighted by Crippen LogP contribution is 2.49. The highest BCUT2D eigenvalue weighted by molar-refractivity contribution is 6.09. The summed E-state index contributed by atoms with van der Waals surface area (Å²) in [4.78, 5) is 0. The molecule has 0 saturated carbocycles. The van der Waals surface area contributed by atoms with Gasteiger partial charge in [-0.3, -0.25) is 0 Å². The van der Waals surface area contributed by atoms with Crippen molar-refractivity contribution in [3.63, 3.8) is 0 Å². The first kappa shape index (κ1) is 17.8. The van der Waals surface area contributed by atoms with E-state index in [1.54, 1.807) is 14.2 Å². The van der Waals surface area contributed by atoms with E-state index in [4.69, 9.17) is 15.2 Å². The van der Waals surface area contributed by atoms with Crippen molar-refractivity contribution >= 4 is 10.9 Å². The van der Waals surface area contributed by atoms with E-state index in [0.717, 1.165) is 35.4 Å². The maximum atomic E-state index is 6.51. The summed E-state index contributed by atoms with van der Waals surface area (Å²) in [5.74, 6) is 1.66. The van der Waals surface area contributed by atoms with Crippen LogP contribution in [0.25, 0.3) is 33.3 Å². The van der Waals surface area contributed by atoms with Crippen molar-refractivity contribution < 1.29 is 9.47 Å². The third-order valence-electron chi connectivity index (χ3n) is 5.79. The monoisotopic (exact) mass is 384 g/mol. The molecule has 1 aliphatic heterocycles. The number of hydrogen-bond acceptors (Lipinski definition) is 3. The molecule has 0 spiro atoms. The fourth-order valence-corrected chi connectivity index (χ4v) is 4.63. The van der Waals surface area contributed by atoms with Crippen molar-refractivity contribution in [1.29, 1.82) is 0 Å². The molecule has 0 bridgehead atoms. The third-order valence-corrected chi connectivity index (χ3v) is 5.79. The molecule has 4 nitrogen and oxygen atoms in total. The van der Waals surface area contributed by atoms with Crippen LogP contribution in [-0.4, -0.2) is 24.8 Å². The molecule has 3 aromatic carbocycles. The number of aromatic nitrogens is 1. The van der Waals surface area contributed by atoms with E-state index in [2.05, 4.69) is 53.1 Å². The minimum Gasteiger partial charge on any atom is -0.496 e. The van der Waals surface area contributed by atoms with Gasteiger partial charge in [-0.15, -0.1) is 0 Å². The fraction of sp³-hybridized carbons (Fsp3) is 0.200. The topological polar surface area (TPSA) is 49.4 Å². The second-order valence-corrected chi connectivity index (χ2v) is 7.51. The number of benzene rings is 3. The molecule has 1 unspecified atom stereocenters. The molecule has 1 aliphatic rings. The SMILES string of the molecule is COc1cc(OC)c2c(-c3ccccc3)c(-c3ccccc3)n3c2c1CC(N)C3. The Bertz CT molecular complexity index is 1180. The quantitative estimate of drug-likeness (QED) is 0.546. The Labute approximate surface area is 170 Å². The van der Waals surface area contributed by atoms with E-state index in [1.165, 1.54) is 27.9 Å². The van der Waals surface area contributed by atoms with E-state index in [0.29, 0.717) is 0 Å². The molecule has 29 heavy (non-hydrogen) atoms. The summed E-state index contributed by atoms with van der Waals surface area (Å²) in [6.45, 7) is 0.761. The third kappa shape index (κ3) is 2.71.